The smallest absolute Gasteiger partial charge is 0.278 e. The molecule has 10 nitrogen and oxygen atoms in total. The number of nitro groups is 1. The highest BCUT2D eigenvalue weighted by Crippen LogP contribution is 2.29. The minimum atomic E-state index is -0.591. The predicted molar refractivity (Wildman–Crippen MR) is 106 cm³/mol. The summed E-state index contributed by atoms with van der Waals surface area (Å²) in [6.45, 7) is 1.46. The topological polar surface area (TPSA) is 140 Å². The van der Waals surface area contributed by atoms with Crippen molar-refractivity contribution in [3.05, 3.63) is 61.2 Å². The van der Waals surface area contributed by atoms with Crippen molar-refractivity contribution >= 4 is 33.7 Å². The maximum absolute atomic E-state index is 11.9. The Balaban J connectivity index is 2.03. The average molecular weight is 462 g/mol. The molecule has 0 unspecified atom stereocenters. The summed E-state index contributed by atoms with van der Waals surface area (Å²) in [5.74, 6) is -0.579. The molecule has 2 aromatic rings. The largest absolute Gasteiger partial charge is 0.467 e. The van der Waals surface area contributed by atoms with Crippen LogP contribution in [-0.2, 0) is 16.1 Å². The number of non-ortho nitro benzene ring substituents is 1. The summed E-state index contributed by atoms with van der Waals surface area (Å²) < 4.78 is 11.1. The lowest BCUT2D eigenvalue weighted by molar-refractivity contribution is -0.384. The van der Waals surface area contributed by atoms with Crippen LogP contribution in [0.4, 0.5) is 5.69 Å². The van der Waals surface area contributed by atoms with Gasteiger partial charge in [0.1, 0.15) is 11.6 Å². The molecule has 0 bridgehead atoms. The van der Waals surface area contributed by atoms with Gasteiger partial charge in [-0.25, -0.2) is 10.4 Å². The molecule has 1 heterocycles. The number of methoxy groups -OCH3 is 1. The number of carbonyl (C=O) groups is 1. The minimum Gasteiger partial charge on any atom is -0.467 e. The van der Waals surface area contributed by atoms with Gasteiger partial charge >= 0.3 is 0 Å². The minimum absolute atomic E-state index is 0.0121. The van der Waals surface area contributed by atoms with Crippen LogP contribution in [0, 0.1) is 28.4 Å². The lowest BCUT2D eigenvalue weighted by Gasteiger charge is -2.13. The van der Waals surface area contributed by atoms with Gasteiger partial charge in [-0.1, -0.05) is 12.1 Å². The molecule has 0 spiro atoms. The van der Waals surface area contributed by atoms with Crippen LogP contribution in [0.5, 0.6) is 5.88 Å². The number of halogens is 1. The van der Waals surface area contributed by atoms with E-state index in [0.29, 0.717) is 21.3 Å². The van der Waals surface area contributed by atoms with Crippen molar-refractivity contribution in [1.82, 2.24) is 10.4 Å². The molecule has 0 atom stereocenters. The summed E-state index contributed by atoms with van der Waals surface area (Å²) in [7, 11) is 1.50. The summed E-state index contributed by atoms with van der Waals surface area (Å²) in [4.78, 5) is 26.4. The lowest BCUT2D eigenvalue weighted by Crippen LogP contribution is -2.25. The molecule has 11 heteroatoms. The zero-order valence-electron chi connectivity index (χ0n) is 15.5. The van der Waals surface area contributed by atoms with E-state index in [4.69, 9.17) is 9.47 Å². The molecule has 1 N–H and O–H groups in total. The Morgan fingerprint density at radius 1 is 1.52 bits per heavy atom. The standard InChI is InChI=1S/C18H16BrN5O5/c1-11-17(19)15(9-28-2)14(7-20)18(22-11)29-10-16(25)23-21-8-12-4-3-5-13(6-12)24(26)27/h3-6,8H,9-10H2,1-2H3,(H,23,25)/b21-8-. The number of aromatic nitrogens is 1. The number of pyridine rings is 1. The van der Waals surface area contributed by atoms with E-state index >= 15 is 0 Å². The molecular weight excluding hydrogens is 446 g/mol. The number of carbonyl (C=O) groups excluding carboxylic acids is 1. The molecule has 0 saturated carbocycles. The van der Waals surface area contributed by atoms with E-state index in [-0.39, 0.29) is 23.7 Å². The first-order valence-corrected chi connectivity index (χ1v) is 8.93. The molecule has 2 rings (SSSR count). The third-order valence-corrected chi connectivity index (χ3v) is 4.64. The Morgan fingerprint density at radius 2 is 2.28 bits per heavy atom. The zero-order chi connectivity index (χ0) is 21.4. The van der Waals surface area contributed by atoms with Crippen molar-refractivity contribution < 1.29 is 19.2 Å². The summed E-state index contributed by atoms with van der Waals surface area (Å²) in [6, 6.07) is 7.78. The van der Waals surface area contributed by atoms with Gasteiger partial charge in [-0.2, -0.15) is 10.4 Å². The molecule has 1 amide bonds. The van der Waals surface area contributed by atoms with Crippen molar-refractivity contribution in [1.29, 1.82) is 5.26 Å². The van der Waals surface area contributed by atoms with E-state index in [2.05, 4.69) is 31.4 Å². The number of ether oxygens (including phenoxy) is 2. The molecule has 1 aromatic carbocycles. The fraction of sp³-hybridized carbons (Fsp3) is 0.222. The van der Waals surface area contributed by atoms with Gasteiger partial charge in [0.05, 0.1) is 23.4 Å². The number of benzene rings is 1. The highest BCUT2D eigenvalue weighted by molar-refractivity contribution is 9.10. The Kier molecular flexibility index (Phi) is 7.76. The van der Waals surface area contributed by atoms with Gasteiger partial charge in [0.25, 0.3) is 11.6 Å². The van der Waals surface area contributed by atoms with E-state index < -0.39 is 17.4 Å². The van der Waals surface area contributed by atoms with Crippen LogP contribution >= 0.6 is 15.9 Å². The first-order chi connectivity index (χ1) is 13.9. The monoisotopic (exact) mass is 461 g/mol. The van der Waals surface area contributed by atoms with E-state index in [9.17, 15) is 20.2 Å². The lowest BCUT2D eigenvalue weighted by atomic mass is 10.1. The summed E-state index contributed by atoms with van der Waals surface area (Å²) in [5, 5.41) is 23.9. The Labute approximate surface area is 174 Å². The molecule has 29 heavy (non-hydrogen) atoms. The van der Waals surface area contributed by atoms with Crippen LogP contribution in [0.15, 0.2) is 33.8 Å². The normalized spacial score (nSPS) is 10.6. The Hall–Kier alpha value is -3.36. The van der Waals surface area contributed by atoms with Crippen LogP contribution in [0.25, 0.3) is 0 Å². The quantitative estimate of drug-likeness (QED) is 0.361. The highest BCUT2D eigenvalue weighted by Gasteiger charge is 2.18. The van der Waals surface area contributed by atoms with Crippen LogP contribution in [-0.4, -0.2) is 35.7 Å². The fourth-order valence-corrected chi connectivity index (χ4v) is 2.68. The zero-order valence-corrected chi connectivity index (χ0v) is 17.1. The molecule has 0 fully saturated rings. The molecule has 0 radical (unpaired) electrons. The maximum Gasteiger partial charge on any atom is 0.278 e. The van der Waals surface area contributed by atoms with Crippen molar-refractivity contribution in [3.8, 4) is 11.9 Å². The van der Waals surface area contributed by atoms with Crippen LogP contribution in [0.3, 0.4) is 0 Å². The van der Waals surface area contributed by atoms with Gasteiger partial charge in [-0.05, 0) is 22.9 Å². The first kappa shape index (κ1) is 21.9. The van der Waals surface area contributed by atoms with Gasteiger partial charge < -0.3 is 9.47 Å². The van der Waals surface area contributed by atoms with Gasteiger partial charge in [-0.15, -0.1) is 0 Å². The molecule has 0 saturated heterocycles. The van der Waals surface area contributed by atoms with E-state index in [1.54, 1.807) is 13.0 Å². The number of amides is 1. The van der Waals surface area contributed by atoms with Crippen molar-refractivity contribution in [2.75, 3.05) is 13.7 Å². The van der Waals surface area contributed by atoms with Gasteiger partial charge in [-0.3, -0.25) is 14.9 Å². The second-order valence-electron chi connectivity index (χ2n) is 5.65. The second-order valence-corrected chi connectivity index (χ2v) is 6.44. The van der Waals surface area contributed by atoms with Crippen LogP contribution in [0.1, 0.15) is 22.4 Å². The fourth-order valence-electron chi connectivity index (χ4n) is 2.28. The van der Waals surface area contributed by atoms with E-state index in [1.807, 2.05) is 6.07 Å². The highest BCUT2D eigenvalue weighted by atomic mass is 79.9. The number of hydrogen-bond donors (Lipinski definition) is 1. The van der Waals surface area contributed by atoms with Crippen LogP contribution < -0.4 is 10.2 Å². The molecule has 0 aliphatic rings. The maximum atomic E-state index is 11.9. The molecule has 1 aromatic heterocycles. The number of nitrogens with zero attached hydrogens (tertiary/aromatic N) is 4. The average Bonchev–Trinajstić information content (AvgIpc) is 2.70. The summed E-state index contributed by atoms with van der Waals surface area (Å²) in [5.41, 5.74) is 3.92. The van der Waals surface area contributed by atoms with Gasteiger partial charge in [0.2, 0.25) is 5.88 Å². The number of hydrazone groups is 1. The first-order valence-electron chi connectivity index (χ1n) is 8.14. The molecular formula is C18H16BrN5O5. The van der Waals surface area contributed by atoms with Crippen molar-refractivity contribution in [2.45, 2.75) is 13.5 Å². The summed E-state index contributed by atoms with van der Waals surface area (Å²) >= 11 is 3.37. The molecule has 0 aliphatic carbocycles. The van der Waals surface area contributed by atoms with Gasteiger partial charge in [0, 0.05) is 34.8 Å². The number of nitrogens with one attached hydrogen (secondary N) is 1. The number of nitriles is 1. The number of rotatable bonds is 8. The summed E-state index contributed by atoms with van der Waals surface area (Å²) in [6.07, 6.45) is 1.27. The third-order valence-electron chi connectivity index (χ3n) is 3.59. The number of nitro benzene ring substituents is 1. The molecule has 0 aliphatic heterocycles. The Bertz CT molecular complexity index is 1000. The SMILES string of the molecule is COCc1c(Br)c(C)nc(OCC(=O)N/N=C\c2cccc([N+](=O)[O-])c2)c1C#N. The van der Waals surface area contributed by atoms with Crippen LogP contribution in [0.2, 0.25) is 0 Å². The second kappa shape index (κ2) is 10.3. The van der Waals surface area contributed by atoms with Crippen molar-refractivity contribution in [2.24, 2.45) is 5.10 Å². The van der Waals surface area contributed by atoms with Gasteiger partial charge in [0.15, 0.2) is 6.61 Å². The number of aryl methyl sites for hydroxylation is 1. The van der Waals surface area contributed by atoms with Crippen molar-refractivity contribution in [3.63, 3.8) is 0 Å². The molecule has 150 valence electrons. The van der Waals surface area contributed by atoms with E-state index in [1.165, 1.54) is 31.5 Å². The number of hydrogen-bond acceptors (Lipinski definition) is 8. The predicted octanol–water partition coefficient (Wildman–Crippen LogP) is 2.61. The third kappa shape index (κ3) is 5.81. The van der Waals surface area contributed by atoms with E-state index in [0.717, 1.165) is 0 Å². The Morgan fingerprint density at radius 3 is 2.93 bits per heavy atom.